The molecule has 0 aliphatic heterocycles. The molecule has 1 rings (SSSR count). The molecule has 0 spiro atoms. The van der Waals surface area contributed by atoms with E-state index in [2.05, 4.69) is 5.48 Å². The molecule has 1 unspecified atom stereocenters. The van der Waals surface area contributed by atoms with Gasteiger partial charge in [0.15, 0.2) is 6.23 Å². The fourth-order valence-electron chi connectivity index (χ4n) is 0.987. The fourth-order valence-corrected chi connectivity index (χ4v) is 0.987. The minimum Gasteiger partial charge on any atom is -0.360 e. The van der Waals surface area contributed by atoms with Crippen LogP contribution in [0.1, 0.15) is 11.8 Å². The molecule has 0 saturated carbocycles. The Bertz CT molecular complexity index is 213. The molecular weight excluding hydrogens is 154 g/mol. The predicted molar refractivity (Wildman–Crippen MR) is 46.3 cm³/mol. The molecule has 0 radical (unpaired) electrons. The number of ether oxygens (including phenoxy) is 1. The zero-order valence-corrected chi connectivity index (χ0v) is 7.28. The molecule has 0 bridgehead atoms. The van der Waals surface area contributed by atoms with Crippen molar-refractivity contribution in [3.05, 3.63) is 35.9 Å². The lowest BCUT2D eigenvalue weighted by molar-refractivity contribution is -0.0554. The van der Waals surface area contributed by atoms with E-state index in [0.717, 1.165) is 5.56 Å². The number of rotatable bonds is 4. The van der Waals surface area contributed by atoms with Crippen LogP contribution in [0.4, 0.5) is 0 Å². The molecule has 0 aromatic heterocycles. The molecule has 66 valence electrons. The number of benzene rings is 1. The minimum atomic E-state index is -0.198. The molecule has 0 fully saturated rings. The third kappa shape index (κ3) is 2.30. The van der Waals surface area contributed by atoms with E-state index in [1.165, 1.54) is 0 Å². The maximum atomic E-state index is 5.14. The zero-order chi connectivity index (χ0) is 8.81. The Hall–Kier alpha value is -0.900. The summed E-state index contributed by atoms with van der Waals surface area (Å²) in [6.07, 6.45) is -0.198. The quantitative estimate of drug-likeness (QED) is 0.544. The van der Waals surface area contributed by atoms with Crippen molar-refractivity contribution in [1.29, 1.82) is 0 Å². The van der Waals surface area contributed by atoms with Crippen LogP contribution in [0.25, 0.3) is 0 Å². The van der Waals surface area contributed by atoms with E-state index in [4.69, 9.17) is 9.57 Å². The highest BCUT2D eigenvalue weighted by Crippen LogP contribution is 2.11. The van der Waals surface area contributed by atoms with Crippen LogP contribution in [0.5, 0.6) is 0 Å². The Morgan fingerprint density at radius 1 is 1.17 bits per heavy atom. The van der Waals surface area contributed by atoms with Crippen molar-refractivity contribution in [2.24, 2.45) is 0 Å². The van der Waals surface area contributed by atoms with Gasteiger partial charge in [-0.2, -0.15) is 5.48 Å². The summed E-state index contributed by atoms with van der Waals surface area (Å²) in [7, 11) is 3.19. The van der Waals surface area contributed by atoms with Gasteiger partial charge in [0.1, 0.15) is 0 Å². The van der Waals surface area contributed by atoms with Gasteiger partial charge in [-0.25, -0.2) is 0 Å². The summed E-state index contributed by atoms with van der Waals surface area (Å²) >= 11 is 0. The van der Waals surface area contributed by atoms with Crippen molar-refractivity contribution in [3.8, 4) is 0 Å². The summed E-state index contributed by atoms with van der Waals surface area (Å²) in [6, 6.07) is 9.82. The zero-order valence-electron chi connectivity index (χ0n) is 7.28. The van der Waals surface area contributed by atoms with Crippen LogP contribution in [0.2, 0.25) is 0 Å². The number of hydroxylamine groups is 1. The van der Waals surface area contributed by atoms with Crippen molar-refractivity contribution < 1.29 is 9.57 Å². The molecule has 0 saturated heterocycles. The van der Waals surface area contributed by atoms with Gasteiger partial charge in [-0.05, 0) is 5.56 Å². The number of hydrogen-bond acceptors (Lipinski definition) is 3. The van der Waals surface area contributed by atoms with Crippen molar-refractivity contribution in [2.75, 3.05) is 14.2 Å². The normalized spacial score (nSPS) is 12.8. The van der Waals surface area contributed by atoms with Crippen LogP contribution in [-0.4, -0.2) is 14.2 Å². The minimum absolute atomic E-state index is 0.198. The Labute approximate surface area is 72.3 Å². The highest BCUT2D eigenvalue weighted by molar-refractivity contribution is 5.16. The summed E-state index contributed by atoms with van der Waals surface area (Å²) < 4.78 is 5.14. The van der Waals surface area contributed by atoms with Gasteiger partial charge in [0.05, 0.1) is 7.11 Å². The van der Waals surface area contributed by atoms with E-state index in [-0.39, 0.29) is 6.23 Å². The Morgan fingerprint density at radius 3 is 2.33 bits per heavy atom. The molecule has 0 aliphatic rings. The lowest BCUT2D eigenvalue weighted by Crippen LogP contribution is -2.21. The van der Waals surface area contributed by atoms with Crippen LogP contribution in [0.15, 0.2) is 30.3 Å². The highest BCUT2D eigenvalue weighted by atomic mass is 16.7. The van der Waals surface area contributed by atoms with Gasteiger partial charge in [0.2, 0.25) is 0 Å². The summed E-state index contributed by atoms with van der Waals surface area (Å²) in [5.41, 5.74) is 3.77. The number of hydrogen-bond donors (Lipinski definition) is 1. The molecule has 1 aromatic rings. The second-order valence-corrected chi connectivity index (χ2v) is 2.35. The van der Waals surface area contributed by atoms with Gasteiger partial charge in [-0.1, -0.05) is 30.3 Å². The molecule has 12 heavy (non-hydrogen) atoms. The first-order valence-corrected chi connectivity index (χ1v) is 3.74. The largest absolute Gasteiger partial charge is 0.360 e. The standard InChI is InChI=1S/C9H13NO2/c1-11-9(10-12-2)8-6-4-3-5-7-8/h3-7,9-10H,1-2H3. The van der Waals surface area contributed by atoms with Gasteiger partial charge < -0.3 is 9.57 Å². The molecule has 3 heteroatoms. The van der Waals surface area contributed by atoms with Crippen LogP contribution in [0.3, 0.4) is 0 Å². The van der Waals surface area contributed by atoms with E-state index < -0.39 is 0 Å². The third-order valence-electron chi connectivity index (χ3n) is 1.56. The molecule has 0 aliphatic carbocycles. The lowest BCUT2D eigenvalue weighted by Gasteiger charge is -2.15. The van der Waals surface area contributed by atoms with Crippen molar-refractivity contribution >= 4 is 0 Å². The van der Waals surface area contributed by atoms with Crippen molar-refractivity contribution in [1.82, 2.24) is 5.48 Å². The van der Waals surface area contributed by atoms with E-state index in [1.807, 2.05) is 30.3 Å². The monoisotopic (exact) mass is 167 g/mol. The van der Waals surface area contributed by atoms with E-state index >= 15 is 0 Å². The summed E-state index contributed by atoms with van der Waals surface area (Å²) in [4.78, 5) is 4.77. The van der Waals surface area contributed by atoms with Crippen LogP contribution >= 0.6 is 0 Å². The average Bonchev–Trinajstić information content (AvgIpc) is 2.15. The summed E-state index contributed by atoms with van der Waals surface area (Å²) in [5.74, 6) is 0. The van der Waals surface area contributed by atoms with Crippen LogP contribution in [-0.2, 0) is 9.57 Å². The molecule has 1 aromatic carbocycles. The first-order chi connectivity index (χ1) is 5.88. The van der Waals surface area contributed by atoms with Crippen LogP contribution in [0, 0.1) is 0 Å². The summed E-state index contributed by atoms with van der Waals surface area (Å²) in [5, 5.41) is 0. The molecule has 3 nitrogen and oxygen atoms in total. The van der Waals surface area contributed by atoms with E-state index in [9.17, 15) is 0 Å². The number of methoxy groups -OCH3 is 1. The van der Waals surface area contributed by atoms with E-state index in [1.54, 1.807) is 14.2 Å². The Morgan fingerprint density at radius 2 is 1.83 bits per heavy atom. The van der Waals surface area contributed by atoms with Gasteiger partial charge in [-0.3, -0.25) is 0 Å². The average molecular weight is 167 g/mol. The van der Waals surface area contributed by atoms with Gasteiger partial charge >= 0.3 is 0 Å². The van der Waals surface area contributed by atoms with E-state index in [0.29, 0.717) is 0 Å². The molecule has 1 N–H and O–H groups in total. The second kappa shape index (κ2) is 4.87. The Kier molecular flexibility index (Phi) is 3.73. The predicted octanol–water partition coefficient (Wildman–Crippen LogP) is 1.48. The number of nitrogens with one attached hydrogen (secondary N) is 1. The van der Waals surface area contributed by atoms with Crippen LogP contribution < -0.4 is 5.48 Å². The second-order valence-electron chi connectivity index (χ2n) is 2.35. The van der Waals surface area contributed by atoms with Gasteiger partial charge in [-0.15, -0.1) is 0 Å². The van der Waals surface area contributed by atoms with Gasteiger partial charge in [0.25, 0.3) is 0 Å². The molecule has 0 heterocycles. The topological polar surface area (TPSA) is 30.5 Å². The lowest BCUT2D eigenvalue weighted by atomic mass is 10.2. The first kappa shape index (κ1) is 9.19. The fraction of sp³-hybridized carbons (Fsp3) is 0.333. The summed E-state index contributed by atoms with van der Waals surface area (Å²) in [6.45, 7) is 0. The van der Waals surface area contributed by atoms with Gasteiger partial charge in [0, 0.05) is 7.11 Å². The maximum absolute atomic E-state index is 5.14. The Balaban J connectivity index is 2.66. The maximum Gasteiger partial charge on any atom is 0.155 e. The molecular formula is C9H13NO2. The smallest absolute Gasteiger partial charge is 0.155 e. The van der Waals surface area contributed by atoms with Crippen molar-refractivity contribution in [3.63, 3.8) is 0 Å². The van der Waals surface area contributed by atoms with Crippen molar-refractivity contribution in [2.45, 2.75) is 6.23 Å². The highest BCUT2D eigenvalue weighted by Gasteiger charge is 2.06. The SMILES string of the molecule is CONC(OC)c1ccccc1. The molecule has 1 atom stereocenters. The molecule has 0 amide bonds. The third-order valence-corrected chi connectivity index (χ3v) is 1.56. The first-order valence-electron chi connectivity index (χ1n) is 3.74.